The van der Waals surface area contributed by atoms with E-state index in [2.05, 4.69) is 0 Å². The molecule has 37 heavy (non-hydrogen) atoms. The van der Waals surface area contributed by atoms with Crippen LogP contribution in [0.2, 0.25) is 0 Å². The van der Waals surface area contributed by atoms with Gasteiger partial charge in [-0.1, -0.05) is 55.3 Å². The Kier molecular flexibility index (Phi) is 6.91. The molecule has 0 N–H and O–H groups in total. The van der Waals surface area contributed by atoms with Crippen molar-refractivity contribution in [3.8, 4) is 0 Å². The zero-order chi connectivity index (χ0) is 25.9. The summed E-state index contributed by atoms with van der Waals surface area (Å²) in [6, 6.07) is 9.13. The van der Waals surface area contributed by atoms with Gasteiger partial charge in [-0.2, -0.15) is 0 Å². The third kappa shape index (κ3) is 5.33. The van der Waals surface area contributed by atoms with E-state index in [1.807, 2.05) is 30.3 Å². The molecule has 2 saturated carbocycles. The van der Waals surface area contributed by atoms with E-state index in [0.717, 1.165) is 44.1 Å². The average molecular weight is 506 g/mol. The molecule has 0 unspecified atom stereocenters. The van der Waals surface area contributed by atoms with Crippen molar-refractivity contribution in [1.29, 1.82) is 0 Å². The van der Waals surface area contributed by atoms with Crippen molar-refractivity contribution in [2.75, 3.05) is 0 Å². The molecule has 5 rings (SSSR count). The van der Waals surface area contributed by atoms with Gasteiger partial charge in [0.25, 0.3) is 5.79 Å². The molecule has 0 atom stereocenters. The van der Waals surface area contributed by atoms with Crippen LogP contribution in [0.1, 0.15) is 69.8 Å². The molecule has 0 radical (unpaired) electrons. The van der Waals surface area contributed by atoms with E-state index in [1.54, 1.807) is 12.2 Å². The highest BCUT2D eigenvalue weighted by atomic mass is 16.8. The first-order valence-corrected chi connectivity index (χ1v) is 12.8. The number of hydrogen-bond acceptors (Lipinski definition) is 8. The molecule has 2 spiro atoms. The second-order valence-corrected chi connectivity index (χ2v) is 9.82. The Balaban J connectivity index is 1.41. The van der Waals surface area contributed by atoms with Crippen LogP contribution in [0.3, 0.4) is 0 Å². The first kappa shape index (κ1) is 24.9. The third-order valence-electron chi connectivity index (χ3n) is 7.19. The zero-order valence-corrected chi connectivity index (χ0v) is 20.5. The maximum atomic E-state index is 12.7. The van der Waals surface area contributed by atoms with Crippen LogP contribution >= 0.6 is 0 Å². The van der Waals surface area contributed by atoms with Crippen molar-refractivity contribution in [2.24, 2.45) is 0 Å². The van der Waals surface area contributed by atoms with Crippen LogP contribution in [0, 0.1) is 0 Å². The number of carbonyl (C=O) groups is 3. The number of carbonyl (C=O) groups excluding carboxylic acids is 3. The molecule has 2 heterocycles. The Morgan fingerprint density at radius 1 is 0.730 bits per heavy atom. The number of rotatable bonds is 4. The van der Waals surface area contributed by atoms with Crippen LogP contribution in [-0.2, 0) is 33.3 Å². The quantitative estimate of drug-likeness (QED) is 0.260. The van der Waals surface area contributed by atoms with Gasteiger partial charge in [0, 0.05) is 12.8 Å². The Hall–Kier alpha value is -3.81. The van der Waals surface area contributed by atoms with Crippen LogP contribution in [0.4, 0.5) is 0 Å². The van der Waals surface area contributed by atoms with Gasteiger partial charge in [0.1, 0.15) is 5.57 Å². The molecule has 2 aliphatic carbocycles. The van der Waals surface area contributed by atoms with Gasteiger partial charge >= 0.3 is 17.9 Å². The van der Waals surface area contributed by atoms with Gasteiger partial charge in [-0.15, -0.1) is 0 Å². The van der Waals surface area contributed by atoms with Gasteiger partial charge in [-0.05, 0) is 61.8 Å². The highest BCUT2D eigenvalue weighted by Gasteiger charge is 2.46. The van der Waals surface area contributed by atoms with E-state index in [1.165, 1.54) is 12.2 Å². The monoisotopic (exact) mass is 505 g/mol. The summed E-state index contributed by atoms with van der Waals surface area (Å²) < 4.78 is 22.2. The van der Waals surface area contributed by atoms with Crippen LogP contribution in [0.15, 0.2) is 71.7 Å². The summed E-state index contributed by atoms with van der Waals surface area (Å²) in [5.74, 6) is -5.22. The number of hydrogen-bond donors (Lipinski definition) is 0. The molecule has 2 aliphatic heterocycles. The lowest BCUT2D eigenvalue weighted by molar-refractivity contribution is -0.401. The lowest BCUT2D eigenvalue weighted by Crippen LogP contribution is -2.47. The fourth-order valence-corrected chi connectivity index (χ4v) is 5.19. The number of allylic oxidation sites excluding steroid dienone is 4. The lowest BCUT2D eigenvalue weighted by atomic mass is 9.93. The van der Waals surface area contributed by atoms with E-state index >= 15 is 0 Å². The molecule has 1 saturated heterocycles. The second-order valence-electron chi connectivity index (χ2n) is 9.82. The summed E-state index contributed by atoms with van der Waals surface area (Å²) in [6.07, 6.45) is 13.1. The van der Waals surface area contributed by atoms with E-state index in [4.69, 9.17) is 18.9 Å². The van der Waals surface area contributed by atoms with Crippen molar-refractivity contribution >= 4 is 23.5 Å². The molecule has 0 amide bonds. The van der Waals surface area contributed by atoms with E-state index in [0.29, 0.717) is 31.3 Å². The van der Waals surface area contributed by atoms with Crippen molar-refractivity contribution < 1.29 is 38.4 Å². The number of esters is 3. The van der Waals surface area contributed by atoms with Crippen LogP contribution in [0.25, 0.3) is 5.57 Å². The van der Waals surface area contributed by atoms with E-state index < -0.39 is 35.4 Å². The molecule has 8 heteroatoms. The standard InChI is InChI=1S/C29H30O8/c30-24-22(25(31)35-28(34-24)16-6-2-7-17-28)14-12-21(20-10-4-1-5-11-20)13-15-23-26(32)36-29(37-27(23)33)18-8-3-9-19-29/h1,4-5,10-15,30H,2-3,6-9,16-19H2/p-1/b14-12+,21-13-. The SMILES string of the molecule is O=C1OC2(CCCCC2)OC(=O)C1=C/C=C(/C=C/C1=C([O-])OC2(CCCCC2)OC1=O)c1ccccc1. The van der Waals surface area contributed by atoms with Gasteiger partial charge in [0.05, 0.1) is 11.5 Å². The minimum Gasteiger partial charge on any atom is -0.574 e. The Bertz CT molecular complexity index is 1170. The summed E-state index contributed by atoms with van der Waals surface area (Å²) in [6.45, 7) is 0. The topological polar surface area (TPSA) is 111 Å². The summed E-state index contributed by atoms with van der Waals surface area (Å²) >= 11 is 0. The van der Waals surface area contributed by atoms with Gasteiger partial charge in [0.15, 0.2) is 5.79 Å². The summed E-state index contributed by atoms with van der Waals surface area (Å²) in [5, 5.41) is 12.7. The van der Waals surface area contributed by atoms with Gasteiger partial charge in [0.2, 0.25) is 0 Å². The first-order chi connectivity index (χ1) is 17.9. The average Bonchev–Trinajstić information content (AvgIpc) is 2.88. The third-order valence-corrected chi connectivity index (χ3v) is 7.19. The van der Waals surface area contributed by atoms with Crippen molar-refractivity contribution in [3.05, 3.63) is 77.3 Å². The van der Waals surface area contributed by atoms with Crippen LogP contribution in [0.5, 0.6) is 0 Å². The number of benzene rings is 1. The molecular weight excluding hydrogens is 476 g/mol. The predicted octanol–water partition coefficient (Wildman–Crippen LogP) is 4.12. The Morgan fingerprint density at radius 2 is 1.27 bits per heavy atom. The predicted molar refractivity (Wildman–Crippen MR) is 130 cm³/mol. The molecule has 0 bridgehead atoms. The first-order valence-electron chi connectivity index (χ1n) is 12.8. The minimum absolute atomic E-state index is 0.221. The molecule has 8 nitrogen and oxygen atoms in total. The van der Waals surface area contributed by atoms with Crippen LogP contribution in [-0.4, -0.2) is 29.5 Å². The van der Waals surface area contributed by atoms with Crippen LogP contribution < -0.4 is 5.11 Å². The minimum atomic E-state index is -1.16. The fraction of sp³-hybridized carbons (Fsp3) is 0.414. The lowest BCUT2D eigenvalue weighted by Gasteiger charge is -2.46. The zero-order valence-electron chi connectivity index (χ0n) is 20.5. The Labute approximate surface area is 215 Å². The Morgan fingerprint density at radius 3 is 1.84 bits per heavy atom. The van der Waals surface area contributed by atoms with Crippen molar-refractivity contribution in [1.82, 2.24) is 0 Å². The smallest absolute Gasteiger partial charge is 0.348 e. The maximum Gasteiger partial charge on any atom is 0.348 e. The molecule has 1 aromatic rings. The van der Waals surface area contributed by atoms with E-state index in [-0.39, 0.29) is 11.1 Å². The molecule has 1 aromatic carbocycles. The maximum absolute atomic E-state index is 12.7. The summed E-state index contributed by atoms with van der Waals surface area (Å²) in [4.78, 5) is 38.1. The molecule has 3 fully saturated rings. The van der Waals surface area contributed by atoms with Gasteiger partial charge in [-0.25, -0.2) is 14.4 Å². The summed E-state index contributed by atoms with van der Waals surface area (Å²) in [5.41, 5.74) is 0.833. The second kappa shape index (κ2) is 10.3. The fourth-order valence-electron chi connectivity index (χ4n) is 5.19. The highest BCUT2D eigenvalue weighted by molar-refractivity contribution is 6.15. The molecule has 4 aliphatic rings. The molecule has 0 aromatic heterocycles. The van der Waals surface area contributed by atoms with E-state index in [9.17, 15) is 19.5 Å². The number of ether oxygens (including phenoxy) is 4. The highest BCUT2D eigenvalue weighted by Crippen LogP contribution is 2.39. The molecular formula is C29H29O8-. The largest absolute Gasteiger partial charge is 0.574 e. The van der Waals surface area contributed by atoms with Crippen molar-refractivity contribution in [3.63, 3.8) is 0 Å². The van der Waals surface area contributed by atoms with Crippen molar-refractivity contribution in [2.45, 2.75) is 75.8 Å². The van der Waals surface area contributed by atoms with Gasteiger partial charge < -0.3 is 24.1 Å². The van der Waals surface area contributed by atoms with Gasteiger partial charge in [-0.3, -0.25) is 0 Å². The molecule has 194 valence electrons. The summed E-state index contributed by atoms with van der Waals surface area (Å²) in [7, 11) is 0. The normalized spacial score (nSPS) is 23.5.